The van der Waals surface area contributed by atoms with Crippen molar-refractivity contribution < 1.29 is 4.74 Å². The molecule has 3 aromatic rings. The Bertz CT molecular complexity index is 991. The number of piperidine rings is 1. The summed E-state index contributed by atoms with van der Waals surface area (Å²) in [5.41, 5.74) is 3.80. The van der Waals surface area contributed by atoms with E-state index in [1.165, 1.54) is 18.4 Å². The van der Waals surface area contributed by atoms with E-state index in [4.69, 9.17) is 4.74 Å². The molecule has 1 atom stereocenters. The number of aryl methyl sites for hydroxylation is 1. The smallest absolute Gasteiger partial charge is 0.272 e. The fraction of sp³-hybridized carbons (Fsp3) is 0.429. The molecular formula is C21H26N4O2. The number of benzene rings is 1. The monoisotopic (exact) mass is 366 g/mol. The molecule has 1 aliphatic rings. The summed E-state index contributed by atoms with van der Waals surface area (Å²) < 4.78 is 6.92. The number of fused-ring (bicyclic) bond motifs is 1. The molecule has 0 saturated carbocycles. The van der Waals surface area contributed by atoms with Crippen LogP contribution in [0.1, 0.15) is 49.2 Å². The maximum Gasteiger partial charge on any atom is 0.272 e. The van der Waals surface area contributed by atoms with Crippen molar-refractivity contribution in [2.24, 2.45) is 0 Å². The third kappa shape index (κ3) is 3.62. The average molecular weight is 366 g/mol. The first-order valence-electron chi connectivity index (χ1n) is 9.66. The summed E-state index contributed by atoms with van der Waals surface area (Å²) in [5.74, 6) is 0.884. The number of likely N-dealkylation sites (tertiary alicyclic amines) is 1. The van der Waals surface area contributed by atoms with Crippen molar-refractivity contribution in [3.05, 3.63) is 63.7 Å². The second kappa shape index (κ2) is 7.56. The Kier molecular flexibility index (Phi) is 4.99. The molecule has 27 heavy (non-hydrogen) atoms. The summed E-state index contributed by atoms with van der Waals surface area (Å²) in [6.07, 6.45) is 4.22. The van der Waals surface area contributed by atoms with Crippen LogP contribution >= 0.6 is 0 Å². The van der Waals surface area contributed by atoms with Crippen LogP contribution in [0.3, 0.4) is 0 Å². The number of nitrogens with one attached hydrogen (secondary N) is 1. The van der Waals surface area contributed by atoms with Crippen molar-refractivity contribution in [3.8, 4) is 5.75 Å². The molecule has 1 N–H and O–H groups in total. The Hall–Kier alpha value is -2.60. The van der Waals surface area contributed by atoms with Crippen LogP contribution in [0.5, 0.6) is 5.75 Å². The van der Waals surface area contributed by atoms with Gasteiger partial charge >= 0.3 is 0 Å². The summed E-state index contributed by atoms with van der Waals surface area (Å²) in [6.45, 7) is 3.92. The molecule has 1 aliphatic heterocycles. The SMILES string of the molecule is CCc1cc(=O)n2[nH]c(C3CCCCN3Cc3cccc(OC)c3)cc2n1. The lowest BCUT2D eigenvalue weighted by atomic mass is 9.98. The van der Waals surface area contributed by atoms with Gasteiger partial charge in [0.25, 0.3) is 5.56 Å². The highest BCUT2D eigenvalue weighted by Gasteiger charge is 2.26. The zero-order valence-corrected chi connectivity index (χ0v) is 15.9. The fourth-order valence-electron chi connectivity index (χ4n) is 3.95. The number of methoxy groups -OCH3 is 1. The molecule has 4 rings (SSSR count). The van der Waals surface area contributed by atoms with Gasteiger partial charge in [-0.3, -0.25) is 14.8 Å². The minimum atomic E-state index is -0.0433. The van der Waals surface area contributed by atoms with E-state index in [2.05, 4.69) is 27.1 Å². The molecule has 0 amide bonds. The molecule has 1 fully saturated rings. The van der Waals surface area contributed by atoms with E-state index >= 15 is 0 Å². The number of nitrogens with zero attached hydrogens (tertiary/aromatic N) is 3. The highest BCUT2D eigenvalue weighted by atomic mass is 16.5. The van der Waals surface area contributed by atoms with Crippen LogP contribution in [0.25, 0.3) is 5.65 Å². The third-order valence-corrected chi connectivity index (χ3v) is 5.38. The largest absolute Gasteiger partial charge is 0.497 e. The molecule has 142 valence electrons. The number of rotatable bonds is 5. The summed E-state index contributed by atoms with van der Waals surface area (Å²) >= 11 is 0. The number of ether oxygens (including phenoxy) is 1. The molecular weight excluding hydrogens is 340 g/mol. The van der Waals surface area contributed by atoms with Crippen LogP contribution in [-0.4, -0.2) is 33.2 Å². The Morgan fingerprint density at radius 3 is 2.96 bits per heavy atom. The fourth-order valence-corrected chi connectivity index (χ4v) is 3.95. The highest BCUT2D eigenvalue weighted by Crippen LogP contribution is 2.32. The zero-order chi connectivity index (χ0) is 18.8. The van der Waals surface area contributed by atoms with Crippen molar-refractivity contribution in [2.75, 3.05) is 13.7 Å². The van der Waals surface area contributed by atoms with Crippen LogP contribution in [0.4, 0.5) is 0 Å². The van der Waals surface area contributed by atoms with Gasteiger partial charge in [-0.2, -0.15) is 0 Å². The predicted octanol–water partition coefficient (Wildman–Crippen LogP) is 3.32. The van der Waals surface area contributed by atoms with E-state index < -0.39 is 0 Å². The number of H-pyrrole nitrogens is 1. The zero-order valence-electron chi connectivity index (χ0n) is 15.9. The first-order chi connectivity index (χ1) is 13.2. The van der Waals surface area contributed by atoms with E-state index in [9.17, 15) is 4.79 Å². The van der Waals surface area contributed by atoms with Gasteiger partial charge in [0.05, 0.1) is 18.8 Å². The van der Waals surface area contributed by atoms with Crippen molar-refractivity contribution in [1.82, 2.24) is 19.5 Å². The molecule has 6 nitrogen and oxygen atoms in total. The van der Waals surface area contributed by atoms with Gasteiger partial charge in [0.1, 0.15) is 5.75 Å². The molecule has 0 radical (unpaired) electrons. The van der Waals surface area contributed by atoms with E-state index in [-0.39, 0.29) is 11.6 Å². The van der Waals surface area contributed by atoms with Crippen LogP contribution in [0.2, 0.25) is 0 Å². The minimum absolute atomic E-state index is 0.0433. The molecule has 1 aromatic carbocycles. The van der Waals surface area contributed by atoms with Gasteiger partial charge in [0.2, 0.25) is 0 Å². The number of aromatic amines is 1. The molecule has 2 aromatic heterocycles. The van der Waals surface area contributed by atoms with Crippen LogP contribution in [0, 0.1) is 0 Å². The van der Waals surface area contributed by atoms with Gasteiger partial charge in [-0.1, -0.05) is 25.5 Å². The quantitative estimate of drug-likeness (QED) is 0.752. The van der Waals surface area contributed by atoms with Gasteiger partial charge in [0.15, 0.2) is 5.65 Å². The van der Waals surface area contributed by atoms with Crippen LogP contribution in [-0.2, 0) is 13.0 Å². The third-order valence-electron chi connectivity index (χ3n) is 5.38. The van der Waals surface area contributed by atoms with Gasteiger partial charge in [-0.15, -0.1) is 0 Å². The molecule has 6 heteroatoms. The van der Waals surface area contributed by atoms with Gasteiger partial charge in [-0.25, -0.2) is 9.50 Å². The summed E-state index contributed by atoms with van der Waals surface area (Å²) in [4.78, 5) is 19.4. The van der Waals surface area contributed by atoms with Gasteiger partial charge in [0, 0.05) is 24.4 Å². The van der Waals surface area contributed by atoms with E-state index in [0.29, 0.717) is 5.65 Å². The first kappa shape index (κ1) is 17.8. The van der Waals surface area contributed by atoms with Crippen molar-refractivity contribution in [2.45, 2.75) is 45.2 Å². The highest BCUT2D eigenvalue weighted by molar-refractivity contribution is 5.41. The van der Waals surface area contributed by atoms with E-state index in [1.807, 2.05) is 25.1 Å². The number of aromatic nitrogens is 3. The number of hydrogen-bond donors (Lipinski definition) is 1. The molecule has 0 bridgehead atoms. The Morgan fingerprint density at radius 1 is 1.26 bits per heavy atom. The maximum atomic E-state index is 12.4. The van der Waals surface area contributed by atoms with Gasteiger partial charge < -0.3 is 4.74 Å². The lowest BCUT2D eigenvalue weighted by molar-refractivity contribution is 0.137. The second-order valence-electron chi connectivity index (χ2n) is 7.18. The van der Waals surface area contributed by atoms with E-state index in [0.717, 1.165) is 43.1 Å². The molecule has 3 heterocycles. The topological polar surface area (TPSA) is 62.6 Å². The van der Waals surface area contributed by atoms with Crippen LogP contribution < -0.4 is 10.3 Å². The summed E-state index contributed by atoms with van der Waals surface area (Å²) in [6, 6.07) is 12.1. The first-order valence-corrected chi connectivity index (χ1v) is 9.66. The summed E-state index contributed by atoms with van der Waals surface area (Å²) in [7, 11) is 1.70. The lowest BCUT2D eigenvalue weighted by Crippen LogP contribution is -2.33. The van der Waals surface area contributed by atoms with Crippen molar-refractivity contribution >= 4 is 5.65 Å². The van der Waals surface area contributed by atoms with E-state index in [1.54, 1.807) is 17.7 Å². The Balaban J connectivity index is 1.65. The average Bonchev–Trinajstić information content (AvgIpc) is 3.13. The summed E-state index contributed by atoms with van der Waals surface area (Å²) in [5, 5.41) is 3.30. The minimum Gasteiger partial charge on any atom is -0.497 e. The lowest BCUT2D eigenvalue weighted by Gasteiger charge is -2.35. The molecule has 0 aliphatic carbocycles. The normalized spacial score (nSPS) is 18.1. The Labute approximate surface area is 158 Å². The molecule has 1 saturated heterocycles. The second-order valence-corrected chi connectivity index (χ2v) is 7.18. The Morgan fingerprint density at radius 2 is 2.15 bits per heavy atom. The van der Waals surface area contributed by atoms with Crippen LogP contribution in [0.15, 0.2) is 41.2 Å². The standard InChI is InChI=1S/C21H26N4O2/c1-3-16-12-21(26)25-20(22-16)13-18(23-25)19-9-4-5-10-24(19)14-15-7-6-8-17(11-15)27-2/h6-8,11-13,19,23H,3-5,9-10,14H2,1-2H3. The molecule has 1 unspecified atom stereocenters. The van der Waals surface area contributed by atoms with Crippen molar-refractivity contribution in [1.29, 1.82) is 0 Å². The number of hydrogen-bond acceptors (Lipinski definition) is 4. The maximum absolute atomic E-state index is 12.4. The molecule has 0 spiro atoms. The predicted molar refractivity (Wildman–Crippen MR) is 105 cm³/mol. The van der Waals surface area contributed by atoms with Gasteiger partial charge in [-0.05, 0) is 43.5 Å². The van der Waals surface area contributed by atoms with Crippen molar-refractivity contribution in [3.63, 3.8) is 0 Å².